The van der Waals surface area contributed by atoms with E-state index in [4.69, 9.17) is 9.47 Å². The third-order valence-electron chi connectivity index (χ3n) is 4.43. The molecular formula is C25H23N3O2. The lowest BCUT2D eigenvalue weighted by atomic mass is 10.2. The molecule has 0 aliphatic heterocycles. The molecule has 0 spiro atoms. The molecule has 30 heavy (non-hydrogen) atoms. The van der Waals surface area contributed by atoms with Crippen molar-refractivity contribution in [2.24, 2.45) is 0 Å². The minimum absolute atomic E-state index is 0.509. The molecule has 5 nitrogen and oxygen atoms in total. The standard InChI is InChI=1S/C25H23N3O2/c1-17-4-8-21(9-5-17)29-23-12-20(28-25-26-15-19(3)16-27-25)13-24(14-23)30-22-10-6-18(2)7-11-22/h4-16H,1-3H3,(H,26,27,28). The molecule has 0 aliphatic carbocycles. The molecule has 0 unspecified atom stereocenters. The van der Waals surface area contributed by atoms with Crippen LogP contribution in [-0.2, 0) is 0 Å². The van der Waals surface area contributed by atoms with Gasteiger partial charge < -0.3 is 14.8 Å². The number of ether oxygens (including phenoxy) is 2. The van der Waals surface area contributed by atoms with Crippen molar-refractivity contribution in [1.82, 2.24) is 9.97 Å². The Balaban J connectivity index is 1.64. The molecule has 0 amide bonds. The zero-order chi connectivity index (χ0) is 20.9. The molecule has 1 aromatic heterocycles. The molecule has 1 N–H and O–H groups in total. The van der Waals surface area contributed by atoms with Gasteiger partial charge in [-0.25, -0.2) is 9.97 Å². The van der Waals surface area contributed by atoms with Crippen LogP contribution in [0.1, 0.15) is 16.7 Å². The number of anilines is 2. The molecule has 3 aromatic carbocycles. The Kier molecular flexibility index (Phi) is 5.61. The van der Waals surface area contributed by atoms with Crippen LogP contribution in [0, 0.1) is 20.8 Å². The molecule has 150 valence electrons. The number of nitrogens with zero attached hydrogens (tertiary/aromatic N) is 2. The van der Waals surface area contributed by atoms with Crippen LogP contribution >= 0.6 is 0 Å². The van der Waals surface area contributed by atoms with E-state index in [-0.39, 0.29) is 0 Å². The SMILES string of the molecule is Cc1ccc(Oc2cc(Nc3ncc(C)cn3)cc(Oc3ccc(C)cc3)c2)cc1. The van der Waals surface area contributed by atoms with Crippen LogP contribution in [0.4, 0.5) is 11.6 Å². The van der Waals surface area contributed by atoms with Gasteiger partial charge in [-0.15, -0.1) is 0 Å². The molecule has 0 bridgehead atoms. The molecule has 0 saturated carbocycles. The van der Waals surface area contributed by atoms with Gasteiger partial charge in [0.05, 0.1) is 0 Å². The quantitative estimate of drug-likeness (QED) is 0.391. The lowest BCUT2D eigenvalue weighted by Gasteiger charge is -2.13. The van der Waals surface area contributed by atoms with Gasteiger partial charge in [-0.1, -0.05) is 35.4 Å². The van der Waals surface area contributed by atoms with E-state index in [1.807, 2.05) is 87.5 Å². The highest BCUT2D eigenvalue weighted by atomic mass is 16.5. The Morgan fingerprint density at radius 3 is 1.50 bits per heavy atom. The van der Waals surface area contributed by atoms with Crippen molar-refractivity contribution < 1.29 is 9.47 Å². The fraction of sp³-hybridized carbons (Fsp3) is 0.120. The van der Waals surface area contributed by atoms with Crippen molar-refractivity contribution in [2.45, 2.75) is 20.8 Å². The second-order valence-corrected chi connectivity index (χ2v) is 7.23. The second kappa shape index (κ2) is 8.66. The lowest BCUT2D eigenvalue weighted by molar-refractivity contribution is 0.460. The Hall–Kier alpha value is -3.86. The van der Waals surface area contributed by atoms with Gasteiger partial charge in [-0.2, -0.15) is 0 Å². The summed E-state index contributed by atoms with van der Waals surface area (Å²) in [6.07, 6.45) is 3.54. The van der Waals surface area contributed by atoms with Crippen LogP contribution < -0.4 is 14.8 Å². The number of rotatable bonds is 6. The number of aromatic nitrogens is 2. The number of hydrogen-bond donors (Lipinski definition) is 1. The van der Waals surface area contributed by atoms with Gasteiger partial charge in [0.1, 0.15) is 23.0 Å². The van der Waals surface area contributed by atoms with Crippen LogP contribution in [0.25, 0.3) is 0 Å². The van der Waals surface area contributed by atoms with Crippen LogP contribution in [0.3, 0.4) is 0 Å². The maximum atomic E-state index is 6.07. The normalized spacial score (nSPS) is 10.5. The van der Waals surface area contributed by atoms with Gasteiger partial charge in [-0.3, -0.25) is 0 Å². The van der Waals surface area contributed by atoms with Crippen molar-refractivity contribution in [1.29, 1.82) is 0 Å². The fourth-order valence-corrected chi connectivity index (χ4v) is 2.83. The lowest BCUT2D eigenvalue weighted by Crippen LogP contribution is -1.98. The van der Waals surface area contributed by atoms with E-state index in [9.17, 15) is 0 Å². The predicted molar refractivity (Wildman–Crippen MR) is 119 cm³/mol. The van der Waals surface area contributed by atoms with E-state index in [1.54, 1.807) is 12.4 Å². The summed E-state index contributed by atoms with van der Waals surface area (Å²) in [5.41, 5.74) is 4.13. The Labute approximate surface area is 176 Å². The molecule has 0 saturated heterocycles. The van der Waals surface area contributed by atoms with Crippen LogP contribution in [-0.4, -0.2) is 9.97 Å². The Morgan fingerprint density at radius 2 is 1.03 bits per heavy atom. The van der Waals surface area contributed by atoms with E-state index in [0.29, 0.717) is 17.4 Å². The van der Waals surface area contributed by atoms with Crippen molar-refractivity contribution in [2.75, 3.05) is 5.32 Å². The van der Waals surface area contributed by atoms with E-state index < -0.39 is 0 Å². The summed E-state index contributed by atoms with van der Waals surface area (Å²) in [7, 11) is 0. The van der Waals surface area contributed by atoms with Crippen molar-refractivity contribution >= 4 is 11.6 Å². The first kappa shape index (κ1) is 19.5. The van der Waals surface area contributed by atoms with Gasteiger partial charge >= 0.3 is 0 Å². The average molecular weight is 397 g/mol. The molecule has 0 atom stereocenters. The summed E-state index contributed by atoms with van der Waals surface area (Å²) in [4.78, 5) is 8.63. The van der Waals surface area contributed by atoms with Gasteiger partial charge in [0.25, 0.3) is 0 Å². The van der Waals surface area contributed by atoms with Crippen LogP contribution in [0.2, 0.25) is 0 Å². The number of hydrogen-bond acceptors (Lipinski definition) is 5. The predicted octanol–water partition coefficient (Wildman–Crippen LogP) is 6.73. The fourth-order valence-electron chi connectivity index (χ4n) is 2.83. The number of benzene rings is 3. The highest BCUT2D eigenvalue weighted by Gasteiger charge is 2.08. The molecule has 0 aliphatic rings. The molecule has 0 fully saturated rings. The summed E-state index contributed by atoms with van der Waals surface area (Å²) in [6.45, 7) is 6.04. The maximum absolute atomic E-state index is 6.07. The van der Waals surface area contributed by atoms with Gasteiger partial charge in [0, 0.05) is 36.3 Å². The minimum atomic E-state index is 0.509. The Morgan fingerprint density at radius 1 is 0.567 bits per heavy atom. The summed E-state index contributed by atoms with van der Waals surface area (Å²) in [5.74, 6) is 3.32. The number of aryl methyl sites for hydroxylation is 3. The summed E-state index contributed by atoms with van der Waals surface area (Å²) in [6, 6.07) is 21.5. The number of nitrogens with one attached hydrogen (secondary N) is 1. The van der Waals surface area contributed by atoms with Gasteiger partial charge in [0.15, 0.2) is 0 Å². The topological polar surface area (TPSA) is 56.3 Å². The zero-order valence-electron chi connectivity index (χ0n) is 17.2. The molecule has 4 aromatic rings. The summed E-state index contributed by atoms with van der Waals surface area (Å²) < 4.78 is 12.1. The van der Waals surface area contributed by atoms with Crippen LogP contribution in [0.5, 0.6) is 23.0 Å². The largest absolute Gasteiger partial charge is 0.457 e. The Bertz CT molecular complexity index is 964. The van der Waals surface area contributed by atoms with E-state index in [0.717, 1.165) is 22.7 Å². The molecule has 4 rings (SSSR count). The van der Waals surface area contributed by atoms with Crippen molar-refractivity contribution in [3.63, 3.8) is 0 Å². The second-order valence-electron chi connectivity index (χ2n) is 7.23. The molecule has 0 radical (unpaired) electrons. The average Bonchev–Trinajstić information content (AvgIpc) is 2.73. The van der Waals surface area contributed by atoms with Gasteiger partial charge in [0.2, 0.25) is 5.95 Å². The minimum Gasteiger partial charge on any atom is -0.457 e. The highest BCUT2D eigenvalue weighted by Crippen LogP contribution is 2.33. The third-order valence-corrected chi connectivity index (χ3v) is 4.43. The van der Waals surface area contributed by atoms with E-state index in [1.165, 1.54) is 11.1 Å². The van der Waals surface area contributed by atoms with Crippen LogP contribution in [0.15, 0.2) is 79.1 Å². The van der Waals surface area contributed by atoms with E-state index in [2.05, 4.69) is 15.3 Å². The van der Waals surface area contributed by atoms with Gasteiger partial charge in [-0.05, 0) is 50.6 Å². The first-order valence-electron chi connectivity index (χ1n) is 9.73. The molecule has 1 heterocycles. The zero-order valence-corrected chi connectivity index (χ0v) is 17.2. The molecule has 5 heteroatoms. The first-order valence-corrected chi connectivity index (χ1v) is 9.73. The smallest absolute Gasteiger partial charge is 0.227 e. The third kappa shape index (κ3) is 5.14. The maximum Gasteiger partial charge on any atom is 0.227 e. The first-order chi connectivity index (χ1) is 14.5. The highest BCUT2D eigenvalue weighted by molar-refractivity contribution is 5.60. The van der Waals surface area contributed by atoms with E-state index >= 15 is 0 Å². The monoisotopic (exact) mass is 397 g/mol. The molecular weight excluding hydrogens is 374 g/mol. The van der Waals surface area contributed by atoms with Crippen molar-refractivity contribution in [3.8, 4) is 23.0 Å². The summed E-state index contributed by atoms with van der Waals surface area (Å²) >= 11 is 0. The summed E-state index contributed by atoms with van der Waals surface area (Å²) in [5, 5.41) is 3.22. The van der Waals surface area contributed by atoms with Crippen molar-refractivity contribution in [3.05, 3.63) is 95.8 Å².